The van der Waals surface area contributed by atoms with Crippen molar-refractivity contribution in [3.63, 3.8) is 0 Å². The standard InChI is InChI=1S/C19H14FN3OS/c1-2-11-24-17-9-3-14(4-10-17)12-21-23-19-22-18(13-25-19)15-5-7-16(20)8-6-15/h1,3-10,12-13H,11H2,(H,22,23)/b21-12+. The second kappa shape index (κ2) is 8.08. The van der Waals surface area contributed by atoms with Crippen LogP contribution in [0.15, 0.2) is 59.0 Å². The molecule has 124 valence electrons. The third-order valence-electron chi connectivity index (χ3n) is 3.22. The lowest BCUT2D eigenvalue weighted by atomic mass is 10.2. The second-order valence-corrected chi connectivity index (χ2v) is 5.83. The van der Waals surface area contributed by atoms with Gasteiger partial charge in [-0.3, -0.25) is 5.43 Å². The first-order chi connectivity index (χ1) is 12.2. The lowest BCUT2D eigenvalue weighted by Gasteiger charge is -2.01. The Kier molecular flexibility index (Phi) is 5.39. The Labute approximate surface area is 149 Å². The maximum absolute atomic E-state index is 13.0. The molecule has 0 aliphatic rings. The Balaban J connectivity index is 1.59. The first-order valence-electron chi connectivity index (χ1n) is 7.41. The third kappa shape index (κ3) is 4.66. The van der Waals surface area contributed by atoms with Crippen molar-refractivity contribution in [2.75, 3.05) is 12.0 Å². The molecule has 2 aromatic carbocycles. The number of rotatable bonds is 6. The van der Waals surface area contributed by atoms with E-state index in [1.165, 1.54) is 23.5 Å². The zero-order valence-electron chi connectivity index (χ0n) is 13.1. The molecule has 0 amide bonds. The molecular weight excluding hydrogens is 337 g/mol. The van der Waals surface area contributed by atoms with Gasteiger partial charge in [0.05, 0.1) is 11.9 Å². The lowest BCUT2D eigenvalue weighted by Crippen LogP contribution is -1.94. The van der Waals surface area contributed by atoms with E-state index in [0.29, 0.717) is 10.9 Å². The number of ether oxygens (including phenoxy) is 1. The third-order valence-corrected chi connectivity index (χ3v) is 3.97. The van der Waals surface area contributed by atoms with Crippen molar-refractivity contribution >= 4 is 22.7 Å². The van der Waals surface area contributed by atoms with E-state index in [2.05, 4.69) is 21.4 Å². The van der Waals surface area contributed by atoms with Crippen LogP contribution in [0.25, 0.3) is 11.3 Å². The van der Waals surface area contributed by atoms with Crippen molar-refractivity contribution in [1.82, 2.24) is 4.98 Å². The maximum atomic E-state index is 13.0. The fourth-order valence-corrected chi connectivity index (χ4v) is 2.68. The van der Waals surface area contributed by atoms with Gasteiger partial charge in [-0.2, -0.15) is 5.10 Å². The van der Waals surface area contributed by atoms with Gasteiger partial charge in [-0.1, -0.05) is 5.92 Å². The van der Waals surface area contributed by atoms with E-state index < -0.39 is 0 Å². The van der Waals surface area contributed by atoms with Gasteiger partial charge in [0.1, 0.15) is 18.2 Å². The SMILES string of the molecule is C#CCOc1ccc(/C=N/Nc2nc(-c3ccc(F)cc3)cs2)cc1. The number of hydrazone groups is 1. The van der Waals surface area contributed by atoms with E-state index in [1.54, 1.807) is 18.3 Å². The highest BCUT2D eigenvalue weighted by molar-refractivity contribution is 7.14. The highest BCUT2D eigenvalue weighted by Crippen LogP contribution is 2.25. The zero-order valence-corrected chi connectivity index (χ0v) is 14.0. The lowest BCUT2D eigenvalue weighted by molar-refractivity contribution is 0.370. The predicted octanol–water partition coefficient (Wildman–Crippen LogP) is 4.41. The van der Waals surface area contributed by atoms with Gasteiger partial charge in [0.15, 0.2) is 0 Å². The molecule has 0 aliphatic heterocycles. The van der Waals surface area contributed by atoms with Gasteiger partial charge in [0, 0.05) is 10.9 Å². The van der Waals surface area contributed by atoms with E-state index >= 15 is 0 Å². The van der Waals surface area contributed by atoms with Crippen molar-refractivity contribution in [1.29, 1.82) is 0 Å². The average molecular weight is 351 g/mol. The second-order valence-electron chi connectivity index (χ2n) is 4.98. The van der Waals surface area contributed by atoms with Gasteiger partial charge in [-0.25, -0.2) is 9.37 Å². The fourth-order valence-electron chi connectivity index (χ4n) is 2.02. The summed E-state index contributed by atoms with van der Waals surface area (Å²) in [7, 11) is 0. The highest BCUT2D eigenvalue weighted by atomic mass is 32.1. The van der Waals surface area contributed by atoms with Crippen LogP contribution < -0.4 is 10.2 Å². The topological polar surface area (TPSA) is 46.5 Å². The van der Waals surface area contributed by atoms with E-state index in [-0.39, 0.29) is 12.4 Å². The smallest absolute Gasteiger partial charge is 0.203 e. The Morgan fingerprint density at radius 2 is 1.96 bits per heavy atom. The predicted molar refractivity (Wildman–Crippen MR) is 99.5 cm³/mol. The van der Waals surface area contributed by atoms with Crippen LogP contribution in [0, 0.1) is 18.2 Å². The minimum absolute atomic E-state index is 0.245. The van der Waals surface area contributed by atoms with Gasteiger partial charge >= 0.3 is 0 Å². The van der Waals surface area contributed by atoms with Crippen molar-refractivity contribution in [2.24, 2.45) is 5.10 Å². The normalized spacial score (nSPS) is 10.6. The van der Waals surface area contributed by atoms with Crippen molar-refractivity contribution < 1.29 is 9.13 Å². The Bertz CT molecular complexity index is 896. The number of thiazole rings is 1. The van der Waals surface area contributed by atoms with Crippen LogP contribution in [0.2, 0.25) is 0 Å². The summed E-state index contributed by atoms with van der Waals surface area (Å²) in [6, 6.07) is 13.6. The molecule has 0 fully saturated rings. The number of hydrogen-bond acceptors (Lipinski definition) is 5. The molecule has 1 N–H and O–H groups in total. The Hall–Kier alpha value is -3.17. The molecule has 3 aromatic rings. The van der Waals surface area contributed by atoms with Crippen LogP contribution in [0.1, 0.15) is 5.56 Å². The van der Waals surface area contributed by atoms with E-state index in [0.717, 1.165) is 16.8 Å². The molecule has 1 aromatic heterocycles. The largest absolute Gasteiger partial charge is 0.481 e. The Morgan fingerprint density at radius 3 is 2.68 bits per heavy atom. The molecule has 0 bridgehead atoms. The summed E-state index contributed by atoms with van der Waals surface area (Å²) >= 11 is 1.43. The minimum Gasteiger partial charge on any atom is -0.481 e. The first kappa shape index (κ1) is 16.7. The van der Waals surface area contributed by atoms with Gasteiger partial charge in [-0.05, 0) is 54.1 Å². The minimum atomic E-state index is -0.266. The first-order valence-corrected chi connectivity index (χ1v) is 8.29. The number of nitrogens with zero attached hydrogens (tertiary/aromatic N) is 2. The molecule has 1 heterocycles. The average Bonchev–Trinajstić information content (AvgIpc) is 3.10. The van der Waals surface area contributed by atoms with E-state index in [9.17, 15) is 4.39 Å². The number of aromatic nitrogens is 1. The molecule has 0 saturated carbocycles. The van der Waals surface area contributed by atoms with Crippen LogP contribution in [0.3, 0.4) is 0 Å². The number of halogens is 1. The van der Waals surface area contributed by atoms with Crippen LogP contribution in [0.4, 0.5) is 9.52 Å². The zero-order chi connectivity index (χ0) is 17.5. The number of terminal acetylenes is 1. The molecular formula is C19H14FN3OS. The number of hydrogen-bond donors (Lipinski definition) is 1. The van der Waals surface area contributed by atoms with Crippen molar-refractivity contribution in [3.05, 3.63) is 65.3 Å². The van der Waals surface area contributed by atoms with Gasteiger partial charge in [0.2, 0.25) is 5.13 Å². The van der Waals surface area contributed by atoms with Gasteiger partial charge in [0.25, 0.3) is 0 Å². The summed E-state index contributed by atoms with van der Waals surface area (Å²) in [5, 5.41) is 6.71. The molecule has 0 unspecified atom stereocenters. The fraction of sp³-hybridized carbons (Fsp3) is 0.0526. The van der Waals surface area contributed by atoms with E-state index in [1.807, 2.05) is 29.6 Å². The summed E-state index contributed by atoms with van der Waals surface area (Å²) in [4.78, 5) is 4.42. The van der Waals surface area contributed by atoms with Gasteiger partial charge in [-0.15, -0.1) is 17.8 Å². The van der Waals surface area contributed by atoms with Crippen molar-refractivity contribution in [3.8, 4) is 29.4 Å². The highest BCUT2D eigenvalue weighted by Gasteiger charge is 2.04. The molecule has 25 heavy (non-hydrogen) atoms. The number of anilines is 1. The van der Waals surface area contributed by atoms with Crippen LogP contribution in [-0.2, 0) is 0 Å². The van der Waals surface area contributed by atoms with E-state index in [4.69, 9.17) is 11.2 Å². The summed E-state index contributed by atoms with van der Waals surface area (Å²) in [6.45, 7) is 0.245. The molecule has 4 nitrogen and oxygen atoms in total. The van der Waals surface area contributed by atoms with Crippen LogP contribution in [-0.4, -0.2) is 17.8 Å². The molecule has 0 radical (unpaired) electrons. The Morgan fingerprint density at radius 1 is 1.20 bits per heavy atom. The number of benzene rings is 2. The summed E-state index contributed by atoms with van der Waals surface area (Å²) in [5.74, 6) is 2.87. The van der Waals surface area contributed by atoms with Crippen LogP contribution in [0.5, 0.6) is 5.75 Å². The molecule has 0 saturated heterocycles. The molecule has 0 aliphatic carbocycles. The molecule has 0 spiro atoms. The quantitative estimate of drug-likeness (QED) is 0.407. The number of nitrogens with one attached hydrogen (secondary N) is 1. The van der Waals surface area contributed by atoms with Gasteiger partial charge < -0.3 is 4.74 Å². The van der Waals surface area contributed by atoms with Crippen LogP contribution >= 0.6 is 11.3 Å². The maximum Gasteiger partial charge on any atom is 0.203 e. The summed E-state index contributed by atoms with van der Waals surface area (Å²) in [5.41, 5.74) is 5.44. The molecule has 3 rings (SSSR count). The molecule has 0 atom stereocenters. The monoisotopic (exact) mass is 351 g/mol. The summed E-state index contributed by atoms with van der Waals surface area (Å²) < 4.78 is 18.3. The summed E-state index contributed by atoms with van der Waals surface area (Å²) in [6.07, 6.45) is 6.83. The molecule has 6 heteroatoms. The van der Waals surface area contributed by atoms with Crippen molar-refractivity contribution in [2.45, 2.75) is 0 Å².